The quantitative estimate of drug-likeness (QED) is 0.878. The van der Waals surface area contributed by atoms with Gasteiger partial charge in [-0.2, -0.15) is 0 Å². The van der Waals surface area contributed by atoms with Crippen molar-refractivity contribution in [3.63, 3.8) is 0 Å². The fourth-order valence-corrected chi connectivity index (χ4v) is 1.98. The van der Waals surface area contributed by atoms with Gasteiger partial charge in [-0.1, -0.05) is 0 Å². The first-order valence-corrected chi connectivity index (χ1v) is 6.74. The largest absolute Gasteiger partial charge is 0.497 e. The molecular weight excluding hydrogens is 298 g/mol. The molecule has 98 valence electrons. The summed E-state index contributed by atoms with van der Waals surface area (Å²) < 4.78 is 11.5. The number of nitrogens with one attached hydrogen (secondary N) is 1. The topological polar surface area (TPSA) is 47.6 Å². The molecule has 0 bridgehead atoms. The van der Waals surface area contributed by atoms with E-state index in [2.05, 4.69) is 21.2 Å². The van der Waals surface area contributed by atoms with E-state index >= 15 is 0 Å². The number of carbonyl (C=O) groups excluding carboxylic acids is 1. The van der Waals surface area contributed by atoms with Crippen LogP contribution in [-0.4, -0.2) is 25.7 Å². The van der Waals surface area contributed by atoms with Crippen molar-refractivity contribution < 1.29 is 14.3 Å². The van der Waals surface area contributed by atoms with Crippen LogP contribution in [0.3, 0.4) is 0 Å². The zero-order valence-corrected chi connectivity index (χ0v) is 11.8. The van der Waals surface area contributed by atoms with Gasteiger partial charge in [0.15, 0.2) is 0 Å². The highest BCUT2D eigenvalue weighted by atomic mass is 79.9. The SMILES string of the molecule is COc1ccc(OCCC(=O)NC2CC2)c(Br)c1. The third-order valence-corrected chi connectivity index (χ3v) is 3.29. The van der Waals surface area contributed by atoms with E-state index in [1.54, 1.807) is 7.11 Å². The lowest BCUT2D eigenvalue weighted by Crippen LogP contribution is -2.26. The van der Waals surface area contributed by atoms with Gasteiger partial charge < -0.3 is 14.8 Å². The Morgan fingerprint density at radius 2 is 2.28 bits per heavy atom. The summed E-state index contributed by atoms with van der Waals surface area (Å²) in [6, 6.07) is 5.89. The minimum absolute atomic E-state index is 0.0575. The van der Waals surface area contributed by atoms with Gasteiger partial charge in [0, 0.05) is 6.04 Å². The van der Waals surface area contributed by atoms with Gasteiger partial charge in [-0.25, -0.2) is 0 Å². The zero-order valence-electron chi connectivity index (χ0n) is 10.2. The van der Waals surface area contributed by atoms with Gasteiger partial charge in [-0.3, -0.25) is 4.79 Å². The van der Waals surface area contributed by atoms with Crippen LogP contribution in [0.25, 0.3) is 0 Å². The average Bonchev–Trinajstić information content (AvgIpc) is 3.15. The molecule has 0 atom stereocenters. The Labute approximate surface area is 115 Å². The molecular formula is C13H16BrNO3. The molecule has 1 fully saturated rings. The number of methoxy groups -OCH3 is 1. The van der Waals surface area contributed by atoms with Crippen molar-refractivity contribution in [1.29, 1.82) is 0 Å². The Kier molecular flexibility index (Phi) is 4.47. The molecule has 1 aliphatic rings. The third-order valence-electron chi connectivity index (χ3n) is 2.67. The molecule has 0 unspecified atom stereocenters. The molecule has 5 heteroatoms. The number of ether oxygens (including phenoxy) is 2. The van der Waals surface area contributed by atoms with Gasteiger partial charge in [-0.15, -0.1) is 0 Å². The van der Waals surface area contributed by atoms with Gasteiger partial charge in [0.05, 0.1) is 24.6 Å². The first-order valence-electron chi connectivity index (χ1n) is 5.95. The van der Waals surface area contributed by atoms with Crippen molar-refractivity contribution in [2.45, 2.75) is 25.3 Å². The Morgan fingerprint density at radius 3 is 2.89 bits per heavy atom. The summed E-state index contributed by atoms with van der Waals surface area (Å²) in [7, 11) is 1.62. The fourth-order valence-electron chi connectivity index (χ4n) is 1.51. The van der Waals surface area contributed by atoms with E-state index in [4.69, 9.17) is 9.47 Å². The van der Waals surface area contributed by atoms with Crippen LogP contribution < -0.4 is 14.8 Å². The summed E-state index contributed by atoms with van der Waals surface area (Å²) >= 11 is 3.40. The lowest BCUT2D eigenvalue weighted by Gasteiger charge is -2.09. The highest BCUT2D eigenvalue weighted by Crippen LogP contribution is 2.29. The number of benzene rings is 1. The second-order valence-corrected chi connectivity index (χ2v) is 5.09. The Hall–Kier alpha value is -1.23. The minimum Gasteiger partial charge on any atom is -0.497 e. The summed E-state index contributed by atoms with van der Waals surface area (Å²) in [5.41, 5.74) is 0. The van der Waals surface area contributed by atoms with E-state index in [9.17, 15) is 4.79 Å². The molecule has 4 nitrogen and oxygen atoms in total. The molecule has 1 aromatic carbocycles. The summed E-state index contributed by atoms with van der Waals surface area (Å²) in [4.78, 5) is 11.4. The molecule has 1 N–H and O–H groups in total. The highest BCUT2D eigenvalue weighted by Gasteiger charge is 2.22. The van der Waals surface area contributed by atoms with Crippen molar-refractivity contribution in [3.05, 3.63) is 22.7 Å². The van der Waals surface area contributed by atoms with Crippen LogP contribution in [0.4, 0.5) is 0 Å². The smallest absolute Gasteiger partial charge is 0.223 e. The number of carbonyl (C=O) groups is 1. The molecule has 1 aromatic rings. The predicted octanol–water partition coefficient (Wildman–Crippen LogP) is 2.51. The van der Waals surface area contributed by atoms with Crippen molar-refractivity contribution in [3.8, 4) is 11.5 Å². The predicted molar refractivity (Wildman–Crippen MR) is 72.0 cm³/mol. The first-order chi connectivity index (χ1) is 8.69. The lowest BCUT2D eigenvalue weighted by molar-refractivity contribution is -0.121. The van der Waals surface area contributed by atoms with Crippen molar-refractivity contribution >= 4 is 21.8 Å². The second kappa shape index (κ2) is 6.09. The maximum atomic E-state index is 11.4. The van der Waals surface area contributed by atoms with Crippen LogP contribution in [0.5, 0.6) is 11.5 Å². The Balaban J connectivity index is 1.76. The molecule has 0 radical (unpaired) electrons. The number of halogens is 1. The van der Waals surface area contributed by atoms with E-state index in [1.165, 1.54) is 0 Å². The van der Waals surface area contributed by atoms with Gasteiger partial charge in [-0.05, 0) is 47.0 Å². The molecule has 0 heterocycles. The van der Waals surface area contributed by atoms with Crippen LogP contribution in [-0.2, 0) is 4.79 Å². The van der Waals surface area contributed by atoms with Gasteiger partial charge in [0.2, 0.25) is 5.91 Å². The van der Waals surface area contributed by atoms with E-state index in [1.807, 2.05) is 18.2 Å². The molecule has 1 saturated carbocycles. The maximum Gasteiger partial charge on any atom is 0.223 e. The van der Waals surface area contributed by atoms with Gasteiger partial charge in [0.1, 0.15) is 11.5 Å². The molecule has 1 amide bonds. The second-order valence-electron chi connectivity index (χ2n) is 4.24. The van der Waals surface area contributed by atoms with Crippen LogP contribution in [0.1, 0.15) is 19.3 Å². The standard InChI is InChI=1S/C13H16BrNO3/c1-17-10-4-5-12(11(14)8-10)18-7-6-13(16)15-9-2-3-9/h4-5,8-9H,2-3,6-7H2,1H3,(H,15,16). The molecule has 0 aliphatic heterocycles. The van der Waals surface area contributed by atoms with Crippen LogP contribution in [0, 0.1) is 0 Å². The van der Waals surface area contributed by atoms with Crippen molar-refractivity contribution in [2.24, 2.45) is 0 Å². The summed E-state index contributed by atoms with van der Waals surface area (Å²) in [5, 5.41) is 2.92. The van der Waals surface area contributed by atoms with Crippen molar-refractivity contribution in [2.75, 3.05) is 13.7 Å². The van der Waals surface area contributed by atoms with Crippen molar-refractivity contribution in [1.82, 2.24) is 5.32 Å². The number of amides is 1. The summed E-state index contributed by atoms with van der Waals surface area (Å²) in [6.45, 7) is 0.378. The zero-order chi connectivity index (χ0) is 13.0. The van der Waals surface area contributed by atoms with Crippen LogP contribution >= 0.6 is 15.9 Å². The molecule has 2 rings (SSSR count). The molecule has 0 saturated heterocycles. The van der Waals surface area contributed by atoms with Gasteiger partial charge >= 0.3 is 0 Å². The maximum absolute atomic E-state index is 11.4. The Morgan fingerprint density at radius 1 is 1.50 bits per heavy atom. The summed E-state index contributed by atoms with van der Waals surface area (Å²) in [5.74, 6) is 1.54. The fraction of sp³-hybridized carbons (Fsp3) is 0.462. The van der Waals surface area contributed by atoms with E-state index in [0.29, 0.717) is 19.1 Å². The minimum atomic E-state index is 0.0575. The molecule has 1 aliphatic carbocycles. The normalized spacial score (nSPS) is 14.1. The number of hydrogen-bond acceptors (Lipinski definition) is 3. The Bertz CT molecular complexity index is 432. The van der Waals surface area contributed by atoms with E-state index in [-0.39, 0.29) is 5.91 Å². The van der Waals surface area contributed by atoms with E-state index in [0.717, 1.165) is 28.8 Å². The molecule has 0 spiro atoms. The molecule has 0 aromatic heterocycles. The number of rotatable bonds is 6. The van der Waals surface area contributed by atoms with Crippen LogP contribution in [0.2, 0.25) is 0 Å². The average molecular weight is 314 g/mol. The monoisotopic (exact) mass is 313 g/mol. The summed E-state index contributed by atoms with van der Waals surface area (Å²) in [6.07, 6.45) is 2.60. The third kappa shape index (κ3) is 3.91. The van der Waals surface area contributed by atoms with Crippen LogP contribution in [0.15, 0.2) is 22.7 Å². The molecule has 18 heavy (non-hydrogen) atoms. The first kappa shape index (κ1) is 13.2. The number of hydrogen-bond donors (Lipinski definition) is 1. The van der Waals surface area contributed by atoms with E-state index < -0.39 is 0 Å². The van der Waals surface area contributed by atoms with Gasteiger partial charge in [0.25, 0.3) is 0 Å². The highest BCUT2D eigenvalue weighted by molar-refractivity contribution is 9.10. The lowest BCUT2D eigenvalue weighted by atomic mass is 10.3.